The number of likely N-dealkylation sites (N-methyl/N-ethyl adjacent to an activating group) is 1. The number of ether oxygens (including phenoxy) is 1. The second kappa shape index (κ2) is 5.40. The molecule has 7 heteroatoms. The third kappa shape index (κ3) is 3.88. The van der Waals surface area contributed by atoms with Gasteiger partial charge in [-0.05, 0) is 53.1 Å². The number of halogens is 4. The fourth-order valence-corrected chi connectivity index (χ4v) is 2.86. The van der Waals surface area contributed by atoms with E-state index in [9.17, 15) is 13.2 Å². The molecule has 1 fully saturated rings. The highest BCUT2D eigenvalue weighted by atomic mass is 79.9. The Hall–Kier alpha value is -0.240. The molecule has 0 spiro atoms. The molecule has 100 valence electrons. The molecule has 1 aliphatic heterocycles. The van der Waals surface area contributed by atoms with Gasteiger partial charge in [-0.25, -0.2) is 4.31 Å². The number of benzene rings is 1. The van der Waals surface area contributed by atoms with Crippen molar-refractivity contribution in [2.45, 2.75) is 17.2 Å². The van der Waals surface area contributed by atoms with Gasteiger partial charge in [0.25, 0.3) is 0 Å². The van der Waals surface area contributed by atoms with Crippen LogP contribution in [0.4, 0.5) is 13.2 Å². The molecular weight excluding hydrogens is 331 g/mol. The molecule has 0 aromatic heterocycles. The quantitative estimate of drug-likeness (QED) is 0.611. The molecule has 0 amide bonds. The van der Waals surface area contributed by atoms with Crippen LogP contribution in [0.1, 0.15) is 5.56 Å². The summed E-state index contributed by atoms with van der Waals surface area (Å²) < 4.78 is 45.0. The van der Waals surface area contributed by atoms with Crippen molar-refractivity contribution in [2.24, 2.45) is 0 Å². The number of nitrogens with zero attached hydrogens (tertiary/aromatic N) is 1. The molecule has 0 bridgehead atoms. The maximum Gasteiger partial charge on any atom is 0.416 e. The first-order chi connectivity index (χ1) is 8.36. The second-order valence-corrected chi connectivity index (χ2v) is 6.10. The summed E-state index contributed by atoms with van der Waals surface area (Å²) in [7, 11) is 1.89. The number of hydrogen-bond donors (Lipinski definition) is 0. The third-order valence-corrected chi connectivity index (χ3v) is 4.31. The standard InChI is InChI=1S/C11H11BrF3NOS/c1-16(5-8-6-17-8)18-10-3-2-7(4-9(10)12)11(13,14)15/h2-4,8H,5-6H2,1H3/t8-/m0/s1. The Labute approximate surface area is 116 Å². The highest BCUT2D eigenvalue weighted by Gasteiger charge is 2.31. The summed E-state index contributed by atoms with van der Waals surface area (Å²) in [4.78, 5) is 0.756. The molecule has 0 aliphatic carbocycles. The van der Waals surface area contributed by atoms with E-state index in [2.05, 4.69) is 15.9 Å². The zero-order valence-electron chi connectivity index (χ0n) is 9.50. The first kappa shape index (κ1) is 14.2. The van der Waals surface area contributed by atoms with Crippen LogP contribution in [0.2, 0.25) is 0 Å². The van der Waals surface area contributed by atoms with Crippen LogP contribution < -0.4 is 0 Å². The molecule has 0 N–H and O–H groups in total. The molecule has 2 nitrogen and oxygen atoms in total. The summed E-state index contributed by atoms with van der Waals surface area (Å²) in [6.07, 6.45) is -4.05. The lowest BCUT2D eigenvalue weighted by Gasteiger charge is -2.16. The van der Waals surface area contributed by atoms with E-state index < -0.39 is 11.7 Å². The molecule has 18 heavy (non-hydrogen) atoms. The van der Waals surface area contributed by atoms with Crippen molar-refractivity contribution in [1.82, 2.24) is 4.31 Å². The van der Waals surface area contributed by atoms with Crippen LogP contribution >= 0.6 is 27.9 Å². The van der Waals surface area contributed by atoms with E-state index in [1.165, 1.54) is 18.0 Å². The lowest BCUT2D eigenvalue weighted by atomic mass is 10.2. The minimum atomic E-state index is -4.31. The summed E-state index contributed by atoms with van der Waals surface area (Å²) in [5.74, 6) is 0. The van der Waals surface area contributed by atoms with Gasteiger partial charge in [0.2, 0.25) is 0 Å². The molecule has 0 unspecified atom stereocenters. The Morgan fingerprint density at radius 3 is 2.67 bits per heavy atom. The monoisotopic (exact) mass is 341 g/mol. The van der Waals surface area contributed by atoms with Crippen molar-refractivity contribution in [3.8, 4) is 0 Å². The molecule has 1 atom stereocenters. The summed E-state index contributed by atoms with van der Waals surface area (Å²) in [5.41, 5.74) is -0.646. The molecule has 1 heterocycles. The Morgan fingerprint density at radius 2 is 2.17 bits per heavy atom. The van der Waals surface area contributed by atoms with Gasteiger partial charge in [-0.15, -0.1) is 0 Å². The fraction of sp³-hybridized carbons (Fsp3) is 0.455. The first-order valence-corrected chi connectivity index (χ1v) is 6.80. The van der Waals surface area contributed by atoms with Crippen LogP contribution in [0.25, 0.3) is 0 Å². The molecule has 2 rings (SSSR count). The maximum atomic E-state index is 12.5. The van der Waals surface area contributed by atoms with Crippen LogP contribution in [0.3, 0.4) is 0 Å². The molecule has 1 aromatic carbocycles. The van der Waals surface area contributed by atoms with Gasteiger partial charge in [0, 0.05) is 15.9 Å². The second-order valence-electron chi connectivity index (χ2n) is 4.00. The molecule has 1 aromatic rings. The number of hydrogen-bond acceptors (Lipinski definition) is 3. The van der Waals surface area contributed by atoms with E-state index in [0.717, 1.165) is 30.2 Å². The summed E-state index contributed by atoms with van der Waals surface area (Å²) >= 11 is 4.57. The normalized spacial score (nSPS) is 19.3. The van der Waals surface area contributed by atoms with Gasteiger partial charge in [0.1, 0.15) is 0 Å². The van der Waals surface area contributed by atoms with Crippen LogP contribution in [-0.4, -0.2) is 30.6 Å². The van der Waals surface area contributed by atoms with E-state index in [4.69, 9.17) is 4.74 Å². The van der Waals surface area contributed by atoms with Crippen molar-refractivity contribution < 1.29 is 17.9 Å². The molecule has 0 saturated carbocycles. The van der Waals surface area contributed by atoms with E-state index in [1.54, 1.807) is 0 Å². The Bertz CT molecular complexity index is 437. The number of alkyl halides is 3. The van der Waals surface area contributed by atoms with Gasteiger partial charge in [0.05, 0.1) is 18.3 Å². The van der Waals surface area contributed by atoms with Gasteiger partial charge in [-0.2, -0.15) is 13.2 Å². The van der Waals surface area contributed by atoms with E-state index in [1.807, 2.05) is 11.4 Å². The lowest BCUT2D eigenvalue weighted by Crippen LogP contribution is -2.15. The zero-order chi connectivity index (χ0) is 13.3. The topological polar surface area (TPSA) is 15.8 Å². The smallest absolute Gasteiger partial charge is 0.372 e. The third-order valence-electron chi connectivity index (χ3n) is 2.38. The highest BCUT2D eigenvalue weighted by Crippen LogP contribution is 2.36. The van der Waals surface area contributed by atoms with Gasteiger partial charge in [-0.1, -0.05) is 0 Å². The van der Waals surface area contributed by atoms with Crippen LogP contribution in [-0.2, 0) is 10.9 Å². The van der Waals surface area contributed by atoms with Gasteiger partial charge in [-0.3, -0.25) is 0 Å². The maximum absolute atomic E-state index is 12.5. The van der Waals surface area contributed by atoms with Crippen molar-refractivity contribution in [3.05, 3.63) is 28.2 Å². The average molecular weight is 342 g/mol. The number of rotatable bonds is 4. The van der Waals surface area contributed by atoms with E-state index >= 15 is 0 Å². The van der Waals surface area contributed by atoms with Crippen molar-refractivity contribution in [1.29, 1.82) is 0 Å². The summed E-state index contributed by atoms with van der Waals surface area (Å²) in [6.45, 7) is 1.53. The predicted octanol–water partition coefficient (Wildman–Crippen LogP) is 3.81. The van der Waals surface area contributed by atoms with E-state index in [0.29, 0.717) is 4.47 Å². The minimum absolute atomic E-state index is 0.260. The van der Waals surface area contributed by atoms with E-state index in [-0.39, 0.29) is 6.10 Å². The van der Waals surface area contributed by atoms with Crippen molar-refractivity contribution >= 4 is 27.9 Å². The van der Waals surface area contributed by atoms with Crippen LogP contribution in [0.15, 0.2) is 27.6 Å². The largest absolute Gasteiger partial charge is 0.416 e. The highest BCUT2D eigenvalue weighted by molar-refractivity contribution is 9.10. The molecule has 1 aliphatic rings. The van der Waals surface area contributed by atoms with Gasteiger partial charge >= 0.3 is 6.18 Å². The molecule has 0 radical (unpaired) electrons. The zero-order valence-corrected chi connectivity index (χ0v) is 11.9. The SMILES string of the molecule is CN(C[C@H]1CO1)Sc1ccc(C(F)(F)F)cc1Br. The van der Waals surface area contributed by atoms with Crippen LogP contribution in [0, 0.1) is 0 Å². The van der Waals surface area contributed by atoms with Gasteiger partial charge in [0.15, 0.2) is 0 Å². The predicted molar refractivity (Wildman–Crippen MR) is 67.4 cm³/mol. The lowest BCUT2D eigenvalue weighted by molar-refractivity contribution is -0.137. The van der Waals surface area contributed by atoms with Gasteiger partial charge < -0.3 is 4.74 Å². The average Bonchev–Trinajstić information content (AvgIpc) is 3.03. The van der Waals surface area contributed by atoms with Crippen molar-refractivity contribution in [2.75, 3.05) is 20.2 Å². The van der Waals surface area contributed by atoms with Crippen molar-refractivity contribution in [3.63, 3.8) is 0 Å². The number of epoxide rings is 1. The summed E-state index contributed by atoms with van der Waals surface area (Å²) in [5, 5.41) is 0. The Kier molecular flexibility index (Phi) is 4.25. The molecular formula is C11H11BrF3NOS. The Balaban J connectivity index is 2.04. The summed E-state index contributed by atoms with van der Waals surface area (Å²) in [6, 6.07) is 3.67. The fourth-order valence-electron chi connectivity index (χ4n) is 1.42. The molecule has 1 saturated heterocycles. The van der Waals surface area contributed by atoms with Crippen LogP contribution in [0.5, 0.6) is 0 Å². The first-order valence-electron chi connectivity index (χ1n) is 5.23. The minimum Gasteiger partial charge on any atom is -0.372 e. The Morgan fingerprint density at radius 1 is 1.50 bits per heavy atom.